The second-order valence-corrected chi connectivity index (χ2v) is 7.00. The molecule has 2 atom stereocenters. The standard InChI is InChI=1S/C14H26N2O2S/c1-14(5-3-6-15-11-14)13(17)16(7-8-18-2)12-4-9-19-10-12/h12,15H,3-11H2,1-2H3. The zero-order valence-electron chi connectivity index (χ0n) is 12.1. The molecule has 0 aliphatic carbocycles. The van der Waals surface area contributed by atoms with Crippen molar-refractivity contribution in [2.24, 2.45) is 5.41 Å². The van der Waals surface area contributed by atoms with Gasteiger partial charge in [-0.2, -0.15) is 11.8 Å². The molecule has 1 amide bonds. The number of amides is 1. The van der Waals surface area contributed by atoms with Crippen molar-refractivity contribution in [1.82, 2.24) is 10.2 Å². The van der Waals surface area contributed by atoms with Crippen LogP contribution in [-0.4, -0.2) is 61.7 Å². The average molecular weight is 286 g/mol. The van der Waals surface area contributed by atoms with Crippen molar-refractivity contribution in [2.75, 3.05) is 44.9 Å². The Labute approximate surface area is 120 Å². The lowest BCUT2D eigenvalue weighted by Crippen LogP contribution is -2.54. The molecule has 0 radical (unpaired) electrons. The van der Waals surface area contributed by atoms with Crippen LogP contribution >= 0.6 is 11.8 Å². The minimum absolute atomic E-state index is 0.223. The lowest BCUT2D eigenvalue weighted by molar-refractivity contribution is -0.145. The van der Waals surface area contributed by atoms with Crippen LogP contribution < -0.4 is 5.32 Å². The summed E-state index contributed by atoms with van der Waals surface area (Å²) in [5, 5.41) is 3.37. The van der Waals surface area contributed by atoms with Gasteiger partial charge < -0.3 is 15.0 Å². The first-order valence-electron chi connectivity index (χ1n) is 7.26. The van der Waals surface area contributed by atoms with Gasteiger partial charge in [0.25, 0.3) is 0 Å². The highest BCUT2D eigenvalue weighted by atomic mass is 32.2. The van der Waals surface area contributed by atoms with Gasteiger partial charge in [0.1, 0.15) is 0 Å². The summed E-state index contributed by atoms with van der Waals surface area (Å²) >= 11 is 1.96. The highest BCUT2D eigenvalue weighted by Gasteiger charge is 2.40. The third-order valence-electron chi connectivity index (χ3n) is 4.26. The van der Waals surface area contributed by atoms with Crippen LogP contribution in [0.25, 0.3) is 0 Å². The molecule has 0 aromatic rings. The fourth-order valence-electron chi connectivity index (χ4n) is 2.99. The van der Waals surface area contributed by atoms with E-state index in [-0.39, 0.29) is 5.41 Å². The normalized spacial score (nSPS) is 31.4. The van der Waals surface area contributed by atoms with E-state index >= 15 is 0 Å². The molecule has 0 saturated carbocycles. The lowest BCUT2D eigenvalue weighted by atomic mass is 9.81. The maximum absolute atomic E-state index is 12.9. The summed E-state index contributed by atoms with van der Waals surface area (Å²) in [4.78, 5) is 15.0. The number of thioether (sulfide) groups is 1. The smallest absolute Gasteiger partial charge is 0.230 e. The Balaban J connectivity index is 2.04. The molecule has 0 aromatic carbocycles. The van der Waals surface area contributed by atoms with Crippen LogP contribution in [0.1, 0.15) is 26.2 Å². The molecule has 0 bridgehead atoms. The van der Waals surface area contributed by atoms with E-state index in [1.54, 1.807) is 7.11 Å². The molecule has 0 spiro atoms. The SMILES string of the molecule is COCCN(C(=O)C1(C)CCCNC1)C1CCSC1. The van der Waals surface area contributed by atoms with Crippen molar-refractivity contribution in [3.8, 4) is 0 Å². The van der Waals surface area contributed by atoms with E-state index in [2.05, 4.69) is 17.1 Å². The van der Waals surface area contributed by atoms with E-state index < -0.39 is 0 Å². The first-order valence-corrected chi connectivity index (χ1v) is 8.41. The van der Waals surface area contributed by atoms with Crippen LogP contribution in [-0.2, 0) is 9.53 Å². The Kier molecular flexibility index (Phi) is 5.54. The van der Waals surface area contributed by atoms with Crippen LogP contribution in [0.2, 0.25) is 0 Å². The number of rotatable bonds is 5. The number of hydrogen-bond acceptors (Lipinski definition) is 4. The van der Waals surface area contributed by atoms with Crippen LogP contribution in [0.3, 0.4) is 0 Å². The first-order chi connectivity index (χ1) is 9.17. The van der Waals surface area contributed by atoms with Crippen molar-refractivity contribution in [3.05, 3.63) is 0 Å². The molecule has 2 unspecified atom stereocenters. The lowest BCUT2D eigenvalue weighted by Gasteiger charge is -2.39. The number of nitrogens with zero attached hydrogens (tertiary/aromatic N) is 1. The highest BCUT2D eigenvalue weighted by Crippen LogP contribution is 2.31. The van der Waals surface area contributed by atoms with Crippen molar-refractivity contribution >= 4 is 17.7 Å². The molecule has 2 aliphatic heterocycles. The summed E-state index contributed by atoms with van der Waals surface area (Å²) in [5.41, 5.74) is -0.223. The fraction of sp³-hybridized carbons (Fsp3) is 0.929. The second kappa shape index (κ2) is 6.95. The number of carbonyl (C=O) groups is 1. The maximum Gasteiger partial charge on any atom is 0.230 e. The number of nitrogens with one attached hydrogen (secondary N) is 1. The predicted molar refractivity (Wildman–Crippen MR) is 79.5 cm³/mol. The third-order valence-corrected chi connectivity index (χ3v) is 5.40. The molecule has 5 heteroatoms. The second-order valence-electron chi connectivity index (χ2n) is 5.85. The van der Waals surface area contributed by atoms with Gasteiger partial charge in [-0.1, -0.05) is 0 Å². The van der Waals surface area contributed by atoms with E-state index in [0.29, 0.717) is 18.6 Å². The molecule has 2 heterocycles. The molecule has 0 aromatic heterocycles. The van der Waals surface area contributed by atoms with Gasteiger partial charge in [0, 0.05) is 32.0 Å². The third kappa shape index (κ3) is 3.64. The zero-order valence-corrected chi connectivity index (χ0v) is 12.9. The van der Waals surface area contributed by atoms with Gasteiger partial charge in [-0.15, -0.1) is 0 Å². The quantitative estimate of drug-likeness (QED) is 0.828. The number of carbonyl (C=O) groups excluding carboxylic acids is 1. The Morgan fingerprint density at radius 3 is 3.00 bits per heavy atom. The zero-order chi connectivity index (χ0) is 13.7. The summed E-state index contributed by atoms with van der Waals surface area (Å²) in [7, 11) is 1.70. The molecule has 110 valence electrons. The number of ether oxygens (including phenoxy) is 1. The summed E-state index contributed by atoms with van der Waals surface area (Å²) in [6.45, 7) is 5.34. The topological polar surface area (TPSA) is 41.6 Å². The Bertz CT molecular complexity index is 300. The number of hydrogen-bond donors (Lipinski definition) is 1. The van der Waals surface area contributed by atoms with Gasteiger partial charge in [-0.25, -0.2) is 0 Å². The van der Waals surface area contributed by atoms with E-state index in [1.807, 2.05) is 11.8 Å². The summed E-state index contributed by atoms with van der Waals surface area (Å²) in [6.07, 6.45) is 3.23. The average Bonchev–Trinajstić information content (AvgIpc) is 2.94. The molecule has 2 fully saturated rings. The van der Waals surface area contributed by atoms with Crippen LogP contribution in [0.4, 0.5) is 0 Å². The monoisotopic (exact) mass is 286 g/mol. The molecule has 4 nitrogen and oxygen atoms in total. The van der Waals surface area contributed by atoms with E-state index in [0.717, 1.165) is 44.6 Å². The van der Waals surface area contributed by atoms with Crippen molar-refractivity contribution in [3.63, 3.8) is 0 Å². The van der Waals surface area contributed by atoms with Gasteiger partial charge >= 0.3 is 0 Å². The van der Waals surface area contributed by atoms with E-state index in [9.17, 15) is 4.79 Å². The van der Waals surface area contributed by atoms with Crippen LogP contribution in [0.5, 0.6) is 0 Å². The van der Waals surface area contributed by atoms with E-state index in [4.69, 9.17) is 4.74 Å². The van der Waals surface area contributed by atoms with E-state index in [1.165, 1.54) is 5.75 Å². The Morgan fingerprint density at radius 1 is 1.58 bits per heavy atom. The number of piperidine rings is 1. The van der Waals surface area contributed by atoms with Crippen LogP contribution in [0.15, 0.2) is 0 Å². The Morgan fingerprint density at radius 2 is 2.42 bits per heavy atom. The largest absolute Gasteiger partial charge is 0.383 e. The minimum Gasteiger partial charge on any atom is -0.383 e. The van der Waals surface area contributed by atoms with Crippen LogP contribution in [0, 0.1) is 5.41 Å². The molecule has 2 saturated heterocycles. The summed E-state index contributed by atoms with van der Waals surface area (Å²) in [6, 6.07) is 0.409. The van der Waals surface area contributed by atoms with Gasteiger partial charge in [0.05, 0.1) is 12.0 Å². The summed E-state index contributed by atoms with van der Waals surface area (Å²) in [5.74, 6) is 2.58. The molecule has 19 heavy (non-hydrogen) atoms. The highest BCUT2D eigenvalue weighted by molar-refractivity contribution is 7.99. The molecule has 2 aliphatic rings. The maximum atomic E-state index is 12.9. The van der Waals surface area contributed by atoms with Gasteiger partial charge in [0.15, 0.2) is 0 Å². The number of methoxy groups -OCH3 is 1. The molecular weight excluding hydrogens is 260 g/mol. The van der Waals surface area contributed by atoms with Gasteiger partial charge in [-0.05, 0) is 38.5 Å². The van der Waals surface area contributed by atoms with Crippen molar-refractivity contribution in [1.29, 1.82) is 0 Å². The molecule has 2 rings (SSSR count). The van der Waals surface area contributed by atoms with Gasteiger partial charge in [-0.3, -0.25) is 4.79 Å². The predicted octanol–water partition coefficient (Wildman–Crippen LogP) is 1.36. The van der Waals surface area contributed by atoms with Crippen molar-refractivity contribution < 1.29 is 9.53 Å². The summed E-state index contributed by atoms with van der Waals surface area (Å²) < 4.78 is 5.19. The first kappa shape index (κ1) is 15.1. The Hall–Kier alpha value is -0.260. The van der Waals surface area contributed by atoms with Gasteiger partial charge in [0.2, 0.25) is 5.91 Å². The fourth-order valence-corrected chi connectivity index (χ4v) is 4.22. The minimum atomic E-state index is -0.223. The van der Waals surface area contributed by atoms with Crippen molar-refractivity contribution in [2.45, 2.75) is 32.2 Å². The molecule has 1 N–H and O–H groups in total. The molecular formula is C14H26N2O2S.